The highest BCUT2D eigenvalue weighted by Crippen LogP contribution is 2.27. The molecule has 4 amide bonds. The molecule has 2 atom stereocenters. The van der Waals surface area contributed by atoms with E-state index in [1.54, 1.807) is 49.5 Å². The second-order valence-electron chi connectivity index (χ2n) is 7.00. The Bertz CT molecular complexity index is 954. The number of imide groups is 1. The number of quaternary nitrogens is 1. The summed E-state index contributed by atoms with van der Waals surface area (Å²) in [7, 11) is 0. The summed E-state index contributed by atoms with van der Waals surface area (Å²) in [5, 5.41) is 4.83. The van der Waals surface area contributed by atoms with E-state index in [0.717, 1.165) is 12.1 Å². The Morgan fingerprint density at radius 3 is 2.52 bits per heavy atom. The number of urea groups is 1. The zero-order valence-electron chi connectivity index (χ0n) is 15.9. The number of amides is 4. The van der Waals surface area contributed by atoms with Crippen molar-refractivity contribution in [2.75, 3.05) is 6.54 Å². The van der Waals surface area contributed by atoms with E-state index in [0.29, 0.717) is 16.1 Å². The monoisotopic (exact) mass is 403 g/mol. The van der Waals surface area contributed by atoms with Gasteiger partial charge < -0.3 is 10.6 Å². The first-order valence-corrected chi connectivity index (χ1v) is 9.02. The first-order chi connectivity index (χ1) is 13.7. The average Bonchev–Trinajstić information content (AvgIpc) is 2.93. The normalized spacial score (nSPS) is 19.8. The molecule has 0 bridgehead atoms. The number of nitrogens with two attached hydrogens (primary N) is 1. The SMILES string of the molecule is C[C@H]([NH2+]CC(=O)NN1C(=O)N[C@](C)(c2ccccc2)C1=O)c1ccc(F)c(F)c1. The van der Waals surface area contributed by atoms with Gasteiger partial charge in [0.2, 0.25) is 0 Å². The smallest absolute Gasteiger partial charge is 0.332 e. The van der Waals surface area contributed by atoms with Gasteiger partial charge in [-0.2, -0.15) is 5.01 Å². The summed E-state index contributed by atoms with van der Waals surface area (Å²) < 4.78 is 26.4. The van der Waals surface area contributed by atoms with Gasteiger partial charge in [0, 0.05) is 5.56 Å². The zero-order chi connectivity index (χ0) is 21.2. The topological polar surface area (TPSA) is 95.1 Å². The van der Waals surface area contributed by atoms with Gasteiger partial charge in [0.25, 0.3) is 11.8 Å². The highest BCUT2D eigenvalue weighted by molar-refractivity contribution is 6.08. The quantitative estimate of drug-likeness (QED) is 0.630. The van der Waals surface area contributed by atoms with Crippen LogP contribution in [0.5, 0.6) is 0 Å². The minimum absolute atomic E-state index is 0.126. The van der Waals surface area contributed by atoms with Crippen molar-refractivity contribution in [2.45, 2.75) is 25.4 Å². The standard InChI is InChI=1S/C20H20F2N4O3/c1-12(13-8-9-15(21)16(22)10-13)23-11-17(27)25-26-18(28)20(2,24-19(26)29)14-6-4-3-5-7-14/h3-10,12,23H,11H2,1-2H3,(H,24,29)(H,25,27)/p+1/t12-,20+/m0/s1. The van der Waals surface area contributed by atoms with Gasteiger partial charge in [0.15, 0.2) is 18.2 Å². The first-order valence-electron chi connectivity index (χ1n) is 9.02. The van der Waals surface area contributed by atoms with Gasteiger partial charge in [0.1, 0.15) is 11.6 Å². The molecule has 1 aliphatic rings. The average molecular weight is 403 g/mol. The van der Waals surface area contributed by atoms with E-state index >= 15 is 0 Å². The fourth-order valence-electron chi connectivity index (χ4n) is 3.09. The van der Waals surface area contributed by atoms with E-state index < -0.39 is 35.0 Å². The molecule has 0 aliphatic carbocycles. The molecule has 29 heavy (non-hydrogen) atoms. The number of hydrazine groups is 1. The predicted molar refractivity (Wildman–Crippen MR) is 98.9 cm³/mol. The van der Waals surface area contributed by atoms with Crippen molar-refractivity contribution in [3.05, 3.63) is 71.3 Å². The van der Waals surface area contributed by atoms with E-state index in [1.807, 2.05) is 0 Å². The molecule has 3 rings (SSSR count). The van der Waals surface area contributed by atoms with E-state index in [-0.39, 0.29) is 12.6 Å². The number of carbonyl (C=O) groups is 3. The molecule has 2 aromatic carbocycles. The number of carbonyl (C=O) groups excluding carboxylic acids is 3. The second kappa shape index (κ2) is 7.96. The summed E-state index contributed by atoms with van der Waals surface area (Å²) in [6.45, 7) is 3.16. The lowest BCUT2D eigenvalue weighted by atomic mass is 9.92. The molecule has 9 heteroatoms. The summed E-state index contributed by atoms with van der Waals surface area (Å²) in [5.74, 6) is -3.10. The molecule has 1 fully saturated rings. The number of benzene rings is 2. The molecule has 0 radical (unpaired) electrons. The molecular formula is C20H21F2N4O3+. The molecule has 7 nitrogen and oxygen atoms in total. The summed E-state index contributed by atoms with van der Waals surface area (Å²) in [6, 6.07) is 11.1. The Morgan fingerprint density at radius 2 is 1.86 bits per heavy atom. The maximum Gasteiger partial charge on any atom is 0.344 e. The van der Waals surface area contributed by atoms with Crippen LogP contribution in [0, 0.1) is 11.6 Å². The van der Waals surface area contributed by atoms with Crippen LogP contribution in [0.3, 0.4) is 0 Å². The Hall–Kier alpha value is -3.33. The summed E-state index contributed by atoms with van der Waals surface area (Å²) in [6.07, 6.45) is 0. The fourth-order valence-corrected chi connectivity index (χ4v) is 3.09. The van der Waals surface area contributed by atoms with Gasteiger partial charge in [-0.05, 0) is 37.6 Å². The lowest BCUT2D eigenvalue weighted by Crippen LogP contribution is -2.87. The second-order valence-corrected chi connectivity index (χ2v) is 7.00. The minimum Gasteiger partial charge on any atom is -0.332 e. The Kier molecular flexibility index (Phi) is 5.60. The highest BCUT2D eigenvalue weighted by Gasteiger charge is 2.50. The summed E-state index contributed by atoms with van der Waals surface area (Å²) in [4.78, 5) is 37.2. The van der Waals surface area contributed by atoms with Gasteiger partial charge in [0.05, 0.1) is 0 Å². The number of nitrogens with one attached hydrogen (secondary N) is 2. The van der Waals surface area contributed by atoms with Crippen LogP contribution in [0.2, 0.25) is 0 Å². The number of nitrogens with zero attached hydrogens (tertiary/aromatic N) is 1. The molecule has 1 heterocycles. The number of hydrogen-bond donors (Lipinski definition) is 3. The number of hydrogen-bond acceptors (Lipinski definition) is 3. The molecule has 0 spiro atoms. The molecule has 0 saturated carbocycles. The van der Waals surface area contributed by atoms with Crippen LogP contribution in [0.4, 0.5) is 13.6 Å². The lowest BCUT2D eigenvalue weighted by molar-refractivity contribution is -0.682. The van der Waals surface area contributed by atoms with Crippen molar-refractivity contribution in [3.8, 4) is 0 Å². The van der Waals surface area contributed by atoms with Crippen molar-refractivity contribution in [1.29, 1.82) is 0 Å². The third-order valence-electron chi connectivity index (χ3n) is 4.90. The van der Waals surface area contributed by atoms with Crippen molar-refractivity contribution >= 4 is 17.8 Å². The van der Waals surface area contributed by atoms with Crippen LogP contribution >= 0.6 is 0 Å². The van der Waals surface area contributed by atoms with Crippen LogP contribution in [-0.4, -0.2) is 29.4 Å². The van der Waals surface area contributed by atoms with E-state index in [2.05, 4.69) is 10.7 Å². The first kappa shape index (κ1) is 20.4. The van der Waals surface area contributed by atoms with Gasteiger partial charge in [-0.15, -0.1) is 0 Å². The maximum atomic E-state index is 13.4. The predicted octanol–water partition coefficient (Wildman–Crippen LogP) is 1.09. The molecule has 1 aliphatic heterocycles. The fraction of sp³-hybridized carbons (Fsp3) is 0.250. The molecule has 2 aromatic rings. The molecule has 0 aromatic heterocycles. The van der Waals surface area contributed by atoms with Gasteiger partial charge in [-0.1, -0.05) is 30.3 Å². The van der Waals surface area contributed by atoms with Crippen LogP contribution in [0.15, 0.2) is 48.5 Å². The van der Waals surface area contributed by atoms with Gasteiger partial charge >= 0.3 is 6.03 Å². The molecular weight excluding hydrogens is 382 g/mol. The van der Waals surface area contributed by atoms with Gasteiger partial charge in [-0.25, -0.2) is 13.6 Å². The minimum atomic E-state index is -1.28. The highest BCUT2D eigenvalue weighted by atomic mass is 19.2. The van der Waals surface area contributed by atoms with Crippen LogP contribution in [-0.2, 0) is 15.1 Å². The van der Waals surface area contributed by atoms with Crippen LogP contribution in [0.25, 0.3) is 0 Å². The third-order valence-corrected chi connectivity index (χ3v) is 4.90. The lowest BCUT2D eigenvalue weighted by Gasteiger charge is -2.22. The van der Waals surface area contributed by atoms with Crippen LogP contribution in [0.1, 0.15) is 31.0 Å². The summed E-state index contributed by atoms with van der Waals surface area (Å²) >= 11 is 0. The Morgan fingerprint density at radius 1 is 1.17 bits per heavy atom. The number of rotatable bonds is 6. The number of halogens is 2. The summed E-state index contributed by atoms with van der Waals surface area (Å²) in [5.41, 5.74) is 2.11. The molecule has 1 saturated heterocycles. The maximum absolute atomic E-state index is 13.4. The molecule has 0 unspecified atom stereocenters. The Labute approximate surface area is 166 Å². The van der Waals surface area contributed by atoms with Crippen molar-refractivity contribution in [1.82, 2.24) is 15.8 Å². The molecule has 4 N–H and O–H groups in total. The molecule has 152 valence electrons. The Balaban J connectivity index is 1.61. The van der Waals surface area contributed by atoms with E-state index in [9.17, 15) is 23.2 Å². The van der Waals surface area contributed by atoms with Crippen molar-refractivity contribution in [2.24, 2.45) is 0 Å². The van der Waals surface area contributed by atoms with Gasteiger partial charge in [-0.3, -0.25) is 15.0 Å². The van der Waals surface area contributed by atoms with E-state index in [4.69, 9.17) is 0 Å². The third kappa shape index (κ3) is 4.09. The van der Waals surface area contributed by atoms with Crippen molar-refractivity contribution < 1.29 is 28.5 Å². The largest absolute Gasteiger partial charge is 0.344 e. The zero-order valence-corrected chi connectivity index (χ0v) is 15.9. The van der Waals surface area contributed by atoms with E-state index in [1.165, 1.54) is 6.07 Å². The van der Waals surface area contributed by atoms with Crippen LogP contribution < -0.4 is 16.1 Å². The van der Waals surface area contributed by atoms with Crippen molar-refractivity contribution in [3.63, 3.8) is 0 Å².